The number of halogens is 1. The van der Waals surface area contributed by atoms with Crippen LogP contribution in [0.4, 0.5) is 17.2 Å². The highest BCUT2D eigenvalue weighted by molar-refractivity contribution is 9.10. The summed E-state index contributed by atoms with van der Waals surface area (Å²) in [5.41, 5.74) is 3.46. The van der Waals surface area contributed by atoms with Gasteiger partial charge in [0.15, 0.2) is 0 Å². The summed E-state index contributed by atoms with van der Waals surface area (Å²) in [6, 6.07) is 18.9. The Morgan fingerprint density at radius 2 is 1.88 bits per heavy atom. The summed E-state index contributed by atoms with van der Waals surface area (Å²) in [6.45, 7) is 1.96. The van der Waals surface area contributed by atoms with Gasteiger partial charge >= 0.3 is 0 Å². The fourth-order valence-electron chi connectivity index (χ4n) is 2.23. The Morgan fingerprint density at radius 1 is 1.04 bits per heavy atom. The van der Waals surface area contributed by atoms with Crippen molar-refractivity contribution in [3.05, 3.63) is 82.5 Å². The van der Waals surface area contributed by atoms with E-state index in [9.17, 15) is 4.79 Å². The minimum absolute atomic E-state index is 0.169. The molecule has 24 heavy (non-hydrogen) atoms. The average Bonchev–Trinajstić information content (AvgIpc) is 2.58. The molecule has 1 amide bonds. The maximum Gasteiger partial charge on any atom is 0.256 e. The van der Waals surface area contributed by atoms with E-state index < -0.39 is 0 Å². The number of para-hydroxylation sites is 1. The van der Waals surface area contributed by atoms with E-state index in [1.807, 2.05) is 55.5 Å². The van der Waals surface area contributed by atoms with Gasteiger partial charge in [0.05, 0.1) is 17.6 Å². The minimum atomic E-state index is -0.169. The first kappa shape index (κ1) is 16.2. The number of anilines is 3. The number of carbonyl (C=O) groups is 1. The average molecular weight is 382 g/mol. The van der Waals surface area contributed by atoms with Gasteiger partial charge in [0.1, 0.15) is 5.82 Å². The van der Waals surface area contributed by atoms with Gasteiger partial charge in [0.2, 0.25) is 0 Å². The highest BCUT2D eigenvalue weighted by Crippen LogP contribution is 2.25. The van der Waals surface area contributed by atoms with Crippen LogP contribution in [-0.2, 0) is 0 Å². The van der Waals surface area contributed by atoms with Gasteiger partial charge in [-0.3, -0.25) is 4.79 Å². The monoisotopic (exact) mass is 381 g/mol. The molecule has 4 nitrogen and oxygen atoms in total. The summed E-state index contributed by atoms with van der Waals surface area (Å²) >= 11 is 3.49. The smallest absolute Gasteiger partial charge is 0.256 e. The summed E-state index contributed by atoms with van der Waals surface area (Å²) in [4.78, 5) is 16.5. The van der Waals surface area contributed by atoms with Gasteiger partial charge < -0.3 is 10.6 Å². The lowest BCUT2D eigenvalue weighted by atomic mass is 10.1. The second kappa shape index (κ2) is 7.27. The van der Waals surface area contributed by atoms with Gasteiger partial charge in [-0.25, -0.2) is 4.98 Å². The van der Waals surface area contributed by atoms with E-state index in [1.165, 1.54) is 0 Å². The predicted molar refractivity (Wildman–Crippen MR) is 101 cm³/mol. The Bertz CT molecular complexity index is 862. The second-order valence-electron chi connectivity index (χ2n) is 5.36. The molecule has 120 valence electrons. The molecule has 5 heteroatoms. The number of aryl methyl sites for hydroxylation is 1. The van der Waals surface area contributed by atoms with Gasteiger partial charge in [-0.15, -0.1) is 0 Å². The third kappa shape index (κ3) is 4.00. The molecular formula is C19H16BrN3O. The maximum atomic E-state index is 12.2. The van der Waals surface area contributed by atoms with Crippen molar-refractivity contribution in [2.24, 2.45) is 0 Å². The normalized spacial score (nSPS) is 10.2. The number of amides is 1. The molecular weight excluding hydrogens is 366 g/mol. The first-order chi connectivity index (χ1) is 11.6. The van der Waals surface area contributed by atoms with Crippen LogP contribution in [0.15, 0.2) is 71.3 Å². The number of nitrogens with one attached hydrogen (secondary N) is 2. The highest BCUT2D eigenvalue weighted by atomic mass is 79.9. The molecule has 0 saturated heterocycles. The molecule has 3 aromatic rings. The van der Waals surface area contributed by atoms with E-state index in [-0.39, 0.29) is 5.91 Å². The van der Waals surface area contributed by atoms with E-state index in [0.29, 0.717) is 11.4 Å². The Balaban J connectivity index is 1.68. The van der Waals surface area contributed by atoms with Crippen LogP contribution >= 0.6 is 15.9 Å². The summed E-state index contributed by atoms with van der Waals surface area (Å²) in [6.07, 6.45) is 1.69. The fraction of sp³-hybridized carbons (Fsp3) is 0.0526. The van der Waals surface area contributed by atoms with Crippen LogP contribution in [0.5, 0.6) is 0 Å². The Morgan fingerprint density at radius 3 is 2.58 bits per heavy atom. The van der Waals surface area contributed by atoms with Gasteiger partial charge in [-0.1, -0.05) is 29.8 Å². The molecule has 0 aliphatic carbocycles. The van der Waals surface area contributed by atoms with Crippen LogP contribution < -0.4 is 10.6 Å². The zero-order valence-corrected chi connectivity index (χ0v) is 14.7. The molecule has 2 aromatic carbocycles. The van der Waals surface area contributed by atoms with Crippen molar-refractivity contribution in [3.8, 4) is 0 Å². The Labute approximate surface area is 149 Å². The number of hydrogen-bond acceptors (Lipinski definition) is 3. The molecule has 0 atom stereocenters. The lowest BCUT2D eigenvalue weighted by molar-refractivity contribution is 0.102. The predicted octanol–water partition coefficient (Wildman–Crippen LogP) is 5.15. The number of nitrogens with zero attached hydrogens (tertiary/aromatic N) is 1. The summed E-state index contributed by atoms with van der Waals surface area (Å²) in [5, 5.41) is 6.07. The minimum Gasteiger partial charge on any atom is -0.353 e. The van der Waals surface area contributed by atoms with Crippen molar-refractivity contribution >= 4 is 39.0 Å². The Hall–Kier alpha value is -2.66. The van der Waals surface area contributed by atoms with E-state index in [2.05, 4.69) is 31.5 Å². The topological polar surface area (TPSA) is 54.0 Å². The molecule has 0 radical (unpaired) electrons. The molecule has 0 unspecified atom stereocenters. The van der Waals surface area contributed by atoms with Crippen LogP contribution in [0.1, 0.15) is 15.9 Å². The Kier molecular flexibility index (Phi) is 4.91. The van der Waals surface area contributed by atoms with Crippen molar-refractivity contribution in [1.29, 1.82) is 0 Å². The number of pyridine rings is 1. The van der Waals surface area contributed by atoms with Crippen LogP contribution in [0.25, 0.3) is 0 Å². The summed E-state index contributed by atoms with van der Waals surface area (Å²) in [5.74, 6) is 0.344. The zero-order valence-electron chi connectivity index (χ0n) is 13.1. The quantitative estimate of drug-likeness (QED) is 0.656. The standard InChI is InChI=1S/C19H16BrN3O/c1-13-5-4-6-14(11-13)19(24)23-18-10-9-15(12-21-18)22-17-8-3-2-7-16(17)20/h2-12,22H,1H3,(H,21,23,24). The van der Waals surface area contributed by atoms with Crippen molar-refractivity contribution < 1.29 is 4.79 Å². The van der Waals surface area contributed by atoms with Gasteiger partial charge in [0.25, 0.3) is 5.91 Å². The first-order valence-electron chi connectivity index (χ1n) is 7.47. The van der Waals surface area contributed by atoms with Crippen molar-refractivity contribution in [2.75, 3.05) is 10.6 Å². The molecule has 0 fully saturated rings. The molecule has 0 saturated carbocycles. The molecule has 1 aromatic heterocycles. The molecule has 0 bridgehead atoms. The largest absolute Gasteiger partial charge is 0.353 e. The molecule has 1 heterocycles. The van der Waals surface area contributed by atoms with Gasteiger partial charge in [-0.2, -0.15) is 0 Å². The fourth-order valence-corrected chi connectivity index (χ4v) is 2.62. The van der Waals surface area contributed by atoms with E-state index in [0.717, 1.165) is 21.4 Å². The number of hydrogen-bond donors (Lipinski definition) is 2. The summed E-state index contributed by atoms with van der Waals surface area (Å²) in [7, 11) is 0. The second-order valence-corrected chi connectivity index (χ2v) is 6.21. The van der Waals surface area contributed by atoms with Crippen molar-refractivity contribution in [2.45, 2.75) is 6.92 Å². The van der Waals surface area contributed by atoms with Crippen molar-refractivity contribution in [3.63, 3.8) is 0 Å². The SMILES string of the molecule is Cc1cccc(C(=O)Nc2ccc(Nc3ccccc3Br)cn2)c1. The number of carbonyl (C=O) groups excluding carboxylic acids is 1. The van der Waals surface area contributed by atoms with Gasteiger partial charge in [0, 0.05) is 10.0 Å². The zero-order chi connectivity index (χ0) is 16.9. The number of aromatic nitrogens is 1. The molecule has 0 spiro atoms. The third-order valence-electron chi connectivity index (χ3n) is 3.44. The van der Waals surface area contributed by atoms with Crippen LogP contribution in [0, 0.1) is 6.92 Å². The number of rotatable bonds is 4. The summed E-state index contributed by atoms with van der Waals surface area (Å²) < 4.78 is 0.974. The van der Waals surface area contributed by atoms with Crippen molar-refractivity contribution in [1.82, 2.24) is 4.98 Å². The number of benzene rings is 2. The lowest BCUT2D eigenvalue weighted by Crippen LogP contribution is -2.13. The molecule has 0 aliphatic heterocycles. The van der Waals surface area contributed by atoms with E-state index in [1.54, 1.807) is 18.3 Å². The molecule has 3 rings (SSSR count). The third-order valence-corrected chi connectivity index (χ3v) is 4.13. The maximum absolute atomic E-state index is 12.2. The van der Waals surface area contributed by atoms with E-state index >= 15 is 0 Å². The molecule has 0 aliphatic rings. The van der Waals surface area contributed by atoms with Crippen LogP contribution in [0.2, 0.25) is 0 Å². The van der Waals surface area contributed by atoms with Crippen LogP contribution in [-0.4, -0.2) is 10.9 Å². The van der Waals surface area contributed by atoms with Gasteiger partial charge in [-0.05, 0) is 59.3 Å². The lowest BCUT2D eigenvalue weighted by Gasteiger charge is -2.09. The molecule has 2 N–H and O–H groups in total. The first-order valence-corrected chi connectivity index (χ1v) is 8.27. The van der Waals surface area contributed by atoms with E-state index in [4.69, 9.17) is 0 Å². The van der Waals surface area contributed by atoms with Crippen LogP contribution in [0.3, 0.4) is 0 Å². The highest BCUT2D eigenvalue weighted by Gasteiger charge is 2.07.